The summed E-state index contributed by atoms with van der Waals surface area (Å²) in [6.07, 6.45) is 2.12. The van der Waals surface area contributed by atoms with Gasteiger partial charge >= 0.3 is 0 Å². The second-order valence-corrected chi connectivity index (χ2v) is 5.48. The molecule has 0 radical (unpaired) electrons. The molecule has 0 amide bonds. The van der Waals surface area contributed by atoms with Gasteiger partial charge in [0, 0.05) is 24.6 Å². The Bertz CT molecular complexity index is 994. The molecule has 0 saturated heterocycles. The molecule has 4 heteroatoms. The minimum Gasteiger partial charge on any atom is -0.466 e. The number of benzene rings is 1. The maximum Gasteiger partial charge on any atom is 0.290 e. The molecule has 1 aromatic carbocycles. The van der Waals surface area contributed by atoms with Crippen molar-refractivity contribution in [2.75, 3.05) is 7.11 Å². The summed E-state index contributed by atoms with van der Waals surface area (Å²) in [5, 5.41) is 2.55. The van der Waals surface area contributed by atoms with Crippen LogP contribution in [0.3, 0.4) is 0 Å². The maximum absolute atomic E-state index is 5.43. The lowest BCUT2D eigenvalue weighted by Crippen LogP contribution is -2.35. The number of nitrogens with zero attached hydrogens (tertiary/aromatic N) is 3. The Labute approximate surface area is 128 Å². The van der Waals surface area contributed by atoms with Gasteiger partial charge < -0.3 is 9.30 Å². The molecular weight excluding hydrogens is 274 g/mol. The number of fused-ring (bicyclic) bond motifs is 3. The third-order valence-electron chi connectivity index (χ3n) is 4.35. The van der Waals surface area contributed by atoms with Gasteiger partial charge in [0.1, 0.15) is 0 Å². The molecule has 0 atom stereocenters. The molecule has 0 fully saturated rings. The van der Waals surface area contributed by atoms with E-state index in [1.165, 1.54) is 21.9 Å². The van der Waals surface area contributed by atoms with Crippen LogP contribution in [0.4, 0.5) is 0 Å². The van der Waals surface area contributed by atoms with E-state index in [2.05, 4.69) is 63.3 Å². The van der Waals surface area contributed by atoms with Gasteiger partial charge in [-0.3, -0.25) is 0 Å². The lowest BCUT2D eigenvalue weighted by molar-refractivity contribution is -0.670. The fourth-order valence-corrected chi connectivity index (χ4v) is 3.27. The molecule has 0 bridgehead atoms. The fraction of sp³-hybridized carbons (Fsp3) is 0.167. The van der Waals surface area contributed by atoms with E-state index in [1.54, 1.807) is 7.11 Å². The molecule has 3 aromatic heterocycles. The minimum absolute atomic E-state index is 0.832. The Morgan fingerprint density at radius 2 is 1.77 bits per heavy atom. The van der Waals surface area contributed by atoms with Crippen LogP contribution in [0.25, 0.3) is 27.8 Å². The highest BCUT2D eigenvalue weighted by molar-refractivity contribution is 6.07. The molecule has 0 aliphatic heterocycles. The zero-order chi connectivity index (χ0) is 15.3. The zero-order valence-electron chi connectivity index (χ0n) is 12.9. The van der Waals surface area contributed by atoms with Crippen LogP contribution in [0, 0.1) is 0 Å². The summed E-state index contributed by atoms with van der Waals surface area (Å²) < 4.78 is 11.9. The summed E-state index contributed by atoms with van der Waals surface area (Å²) in [7, 11) is 5.82. The highest BCUT2D eigenvalue weighted by Gasteiger charge is 2.21. The average Bonchev–Trinajstić information content (AvgIpc) is 3.09. The van der Waals surface area contributed by atoms with Crippen molar-refractivity contribution in [3.63, 3.8) is 0 Å². The second kappa shape index (κ2) is 4.63. The van der Waals surface area contributed by atoms with Crippen molar-refractivity contribution in [1.82, 2.24) is 9.13 Å². The van der Waals surface area contributed by atoms with Crippen LogP contribution in [0.15, 0.2) is 54.7 Å². The smallest absolute Gasteiger partial charge is 0.290 e. The molecule has 4 nitrogen and oxygen atoms in total. The largest absolute Gasteiger partial charge is 0.466 e. The van der Waals surface area contributed by atoms with E-state index in [9.17, 15) is 0 Å². The van der Waals surface area contributed by atoms with Gasteiger partial charge in [-0.1, -0.05) is 18.2 Å². The minimum atomic E-state index is 0.832. The summed E-state index contributed by atoms with van der Waals surface area (Å²) in [4.78, 5) is 0. The Balaban J connectivity index is 2.09. The third-order valence-corrected chi connectivity index (χ3v) is 4.35. The van der Waals surface area contributed by atoms with Gasteiger partial charge in [0.2, 0.25) is 5.65 Å². The van der Waals surface area contributed by atoms with E-state index >= 15 is 0 Å². The number of methoxy groups -OCH3 is 1. The van der Waals surface area contributed by atoms with Gasteiger partial charge in [0.25, 0.3) is 11.7 Å². The van der Waals surface area contributed by atoms with Crippen molar-refractivity contribution >= 4 is 21.9 Å². The topological polar surface area (TPSA) is 23.0 Å². The van der Waals surface area contributed by atoms with Gasteiger partial charge in [-0.05, 0) is 18.2 Å². The molecule has 4 rings (SSSR count). The van der Waals surface area contributed by atoms with E-state index in [0.717, 1.165) is 11.7 Å². The summed E-state index contributed by atoms with van der Waals surface area (Å²) >= 11 is 0. The Morgan fingerprint density at radius 3 is 2.59 bits per heavy atom. The van der Waals surface area contributed by atoms with Gasteiger partial charge in [-0.15, -0.1) is 0 Å². The molecule has 4 aromatic rings. The monoisotopic (exact) mass is 292 g/mol. The van der Waals surface area contributed by atoms with Crippen molar-refractivity contribution in [1.29, 1.82) is 0 Å². The number of rotatable bonds is 2. The lowest BCUT2D eigenvalue weighted by atomic mass is 10.2. The molecule has 0 spiro atoms. The lowest BCUT2D eigenvalue weighted by Gasteiger charge is -2.07. The van der Waals surface area contributed by atoms with E-state index < -0.39 is 0 Å². The third kappa shape index (κ3) is 1.61. The number of aromatic nitrogens is 3. The highest BCUT2D eigenvalue weighted by atomic mass is 16.5. The van der Waals surface area contributed by atoms with E-state index in [4.69, 9.17) is 4.74 Å². The van der Waals surface area contributed by atoms with Crippen molar-refractivity contribution in [3.8, 4) is 11.7 Å². The predicted octanol–water partition coefficient (Wildman–Crippen LogP) is 2.96. The molecule has 0 aliphatic rings. The summed E-state index contributed by atoms with van der Waals surface area (Å²) in [5.74, 6) is 1.90. The van der Waals surface area contributed by atoms with Crippen LogP contribution in [0.5, 0.6) is 5.88 Å². The first-order valence-corrected chi connectivity index (χ1v) is 7.30. The van der Waals surface area contributed by atoms with Crippen molar-refractivity contribution < 1.29 is 9.30 Å². The molecule has 3 heterocycles. The molecule has 22 heavy (non-hydrogen) atoms. The summed E-state index contributed by atoms with van der Waals surface area (Å²) in [6.45, 7) is 0. The maximum atomic E-state index is 5.43. The van der Waals surface area contributed by atoms with Crippen molar-refractivity contribution in [3.05, 3.63) is 54.7 Å². The van der Waals surface area contributed by atoms with Crippen LogP contribution in [-0.2, 0) is 14.1 Å². The predicted molar refractivity (Wildman–Crippen MR) is 87.5 cm³/mol. The second-order valence-electron chi connectivity index (χ2n) is 5.48. The molecule has 0 aliphatic carbocycles. The van der Waals surface area contributed by atoms with Crippen LogP contribution < -0.4 is 9.30 Å². The van der Waals surface area contributed by atoms with Gasteiger partial charge in [-0.25, -0.2) is 0 Å². The zero-order valence-corrected chi connectivity index (χ0v) is 12.9. The molecule has 110 valence electrons. The Kier molecular flexibility index (Phi) is 2.73. The number of para-hydroxylation sites is 1. The fourth-order valence-electron chi connectivity index (χ4n) is 3.27. The van der Waals surface area contributed by atoms with Gasteiger partial charge in [0.15, 0.2) is 0 Å². The molecule has 0 N–H and O–H groups in total. The standard InChI is InChI=1S/C18H18N3O/c1-19-15-8-5-4-7-13(15)14-11-12-21(18(14)19)16-9-6-10-17(22-3)20(16)2/h4-12H,1-3H3/q+1. The first-order chi connectivity index (χ1) is 10.7. The van der Waals surface area contributed by atoms with E-state index in [-0.39, 0.29) is 0 Å². The number of hydrogen-bond donors (Lipinski definition) is 0. The number of aryl methyl sites for hydroxylation is 1. The summed E-state index contributed by atoms with van der Waals surface area (Å²) in [6, 6.07) is 16.8. The van der Waals surface area contributed by atoms with Crippen molar-refractivity contribution in [2.45, 2.75) is 0 Å². The van der Waals surface area contributed by atoms with Crippen LogP contribution in [-0.4, -0.2) is 16.2 Å². The van der Waals surface area contributed by atoms with E-state index in [0.29, 0.717) is 0 Å². The molecule has 0 saturated carbocycles. The molecular formula is C18H18N3O+. The highest BCUT2D eigenvalue weighted by Crippen LogP contribution is 2.30. The SMILES string of the molecule is COc1cccc(-n2ccc3c4ccccc4n(C)c32)[n+]1C. The average molecular weight is 292 g/mol. The van der Waals surface area contributed by atoms with Crippen LogP contribution in [0.2, 0.25) is 0 Å². The first-order valence-electron chi connectivity index (χ1n) is 7.30. The number of pyridine rings is 1. The summed E-state index contributed by atoms with van der Waals surface area (Å²) in [5.41, 5.74) is 2.43. The first kappa shape index (κ1) is 13.0. The molecule has 0 unspecified atom stereocenters. The van der Waals surface area contributed by atoms with E-state index in [1.807, 2.05) is 19.2 Å². The van der Waals surface area contributed by atoms with Crippen molar-refractivity contribution in [2.24, 2.45) is 14.1 Å². The van der Waals surface area contributed by atoms with Gasteiger partial charge in [0.05, 0.1) is 31.3 Å². The van der Waals surface area contributed by atoms with Crippen LogP contribution in [0.1, 0.15) is 0 Å². The number of ether oxygens (including phenoxy) is 1. The number of hydrogen-bond acceptors (Lipinski definition) is 1. The quantitative estimate of drug-likeness (QED) is 0.521. The van der Waals surface area contributed by atoms with Gasteiger partial charge in [-0.2, -0.15) is 9.13 Å². The van der Waals surface area contributed by atoms with Crippen LogP contribution >= 0.6 is 0 Å². The normalized spacial score (nSPS) is 11.4. The Morgan fingerprint density at radius 1 is 0.955 bits per heavy atom. The Hall–Kier alpha value is -2.75.